The fourth-order valence-corrected chi connectivity index (χ4v) is 2.50. The van der Waals surface area contributed by atoms with Gasteiger partial charge in [0.25, 0.3) is 5.91 Å². The lowest BCUT2D eigenvalue weighted by Gasteiger charge is -2.37. The highest BCUT2D eigenvalue weighted by molar-refractivity contribution is 5.81. The number of carbonyl (C=O) groups excluding carboxylic acids is 1. The van der Waals surface area contributed by atoms with Crippen molar-refractivity contribution in [2.75, 3.05) is 26.4 Å². The molecule has 5 heteroatoms. The maximum absolute atomic E-state index is 12.0. The lowest BCUT2D eigenvalue weighted by molar-refractivity contribution is -0.148. The van der Waals surface area contributed by atoms with Crippen LogP contribution in [0.2, 0.25) is 0 Å². The molecular weight excluding hydrogens is 220 g/mol. The second-order valence-corrected chi connectivity index (χ2v) is 4.98. The molecule has 0 bridgehead atoms. The minimum atomic E-state index is -0.440. The first-order chi connectivity index (χ1) is 8.18. The van der Waals surface area contributed by atoms with E-state index in [0.29, 0.717) is 31.8 Å². The van der Waals surface area contributed by atoms with E-state index in [1.165, 1.54) is 0 Å². The number of rotatable bonds is 2. The van der Waals surface area contributed by atoms with Crippen molar-refractivity contribution in [3.8, 4) is 0 Å². The molecule has 4 atom stereocenters. The molecule has 2 fully saturated rings. The summed E-state index contributed by atoms with van der Waals surface area (Å²) in [5.74, 6) is 0.455. The van der Waals surface area contributed by atoms with Crippen molar-refractivity contribution in [3.05, 3.63) is 0 Å². The Morgan fingerprint density at radius 3 is 2.82 bits per heavy atom. The van der Waals surface area contributed by atoms with Gasteiger partial charge in [-0.2, -0.15) is 0 Å². The highest BCUT2D eigenvalue weighted by Gasteiger charge is 2.31. The Labute approximate surface area is 102 Å². The zero-order valence-electron chi connectivity index (χ0n) is 10.6. The van der Waals surface area contributed by atoms with Crippen LogP contribution in [0, 0.1) is 5.92 Å². The van der Waals surface area contributed by atoms with Gasteiger partial charge >= 0.3 is 0 Å². The van der Waals surface area contributed by atoms with Crippen molar-refractivity contribution in [1.82, 2.24) is 10.6 Å². The average molecular weight is 242 g/mol. The average Bonchev–Trinajstić information content (AvgIpc) is 2.35. The summed E-state index contributed by atoms with van der Waals surface area (Å²) < 4.78 is 10.6. The number of piperidine rings is 1. The van der Waals surface area contributed by atoms with E-state index in [1.807, 2.05) is 0 Å². The van der Waals surface area contributed by atoms with Crippen molar-refractivity contribution in [3.63, 3.8) is 0 Å². The minimum Gasteiger partial charge on any atom is -0.376 e. The van der Waals surface area contributed by atoms with E-state index in [4.69, 9.17) is 9.47 Å². The van der Waals surface area contributed by atoms with E-state index >= 15 is 0 Å². The fraction of sp³-hybridized carbons (Fsp3) is 0.917. The molecule has 2 aliphatic rings. The maximum atomic E-state index is 12.0. The van der Waals surface area contributed by atoms with Gasteiger partial charge in [0.15, 0.2) is 6.10 Å². The first-order valence-electron chi connectivity index (χ1n) is 6.41. The molecule has 17 heavy (non-hydrogen) atoms. The van der Waals surface area contributed by atoms with Crippen LogP contribution >= 0.6 is 0 Å². The number of amides is 1. The van der Waals surface area contributed by atoms with Crippen LogP contribution in [-0.4, -0.2) is 50.5 Å². The fourth-order valence-electron chi connectivity index (χ4n) is 2.50. The largest absolute Gasteiger partial charge is 0.376 e. The minimum absolute atomic E-state index is 0.0444. The van der Waals surface area contributed by atoms with E-state index in [0.717, 1.165) is 13.0 Å². The Kier molecular flexibility index (Phi) is 4.36. The molecule has 0 saturated carbocycles. The monoisotopic (exact) mass is 242 g/mol. The molecule has 0 aromatic rings. The van der Waals surface area contributed by atoms with Gasteiger partial charge in [0.2, 0.25) is 0 Å². The van der Waals surface area contributed by atoms with Gasteiger partial charge in [-0.15, -0.1) is 0 Å². The van der Waals surface area contributed by atoms with Gasteiger partial charge in [0.1, 0.15) is 0 Å². The van der Waals surface area contributed by atoms with E-state index < -0.39 is 6.10 Å². The molecule has 2 saturated heterocycles. The summed E-state index contributed by atoms with van der Waals surface area (Å²) in [5, 5.41) is 6.47. The molecule has 2 aliphatic heterocycles. The van der Waals surface area contributed by atoms with Gasteiger partial charge in [-0.3, -0.25) is 4.79 Å². The molecule has 2 rings (SSSR count). The molecule has 2 N–H and O–H groups in total. The van der Waals surface area contributed by atoms with E-state index in [2.05, 4.69) is 24.5 Å². The number of carbonyl (C=O) groups is 1. The van der Waals surface area contributed by atoms with Gasteiger partial charge in [0.05, 0.1) is 19.8 Å². The van der Waals surface area contributed by atoms with Gasteiger partial charge < -0.3 is 20.1 Å². The molecule has 0 aliphatic carbocycles. The van der Waals surface area contributed by atoms with Crippen LogP contribution in [0.3, 0.4) is 0 Å². The summed E-state index contributed by atoms with van der Waals surface area (Å²) >= 11 is 0. The van der Waals surface area contributed by atoms with Crippen LogP contribution in [0.4, 0.5) is 0 Å². The van der Waals surface area contributed by atoms with E-state index in [-0.39, 0.29) is 11.9 Å². The first-order valence-corrected chi connectivity index (χ1v) is 6.41. The Morgan fingerprint density at radius 1 is 1.35 bits per heavy atom. The Bertz CT molecular complexity index is 256. The molecule has 0 aromatic carbocycles. The van der Waals surface area contributed by atoms with Crippen molar-refractivity contribution >= 4 is 5.91 Å². The summed E-state index contributed by atoms with van der Waals surface area (Å²) in [5.41, 5.74) is 0. The molecule has 1 amide bonds. The van der Waals surface area contributed by atoms with Gasteiger partial charge in [-0.25, -0.2) is 0 Å². The first kappa shape index (κ1) is 12.8. The maximum Gasteiger partial charge on any atom is 0.251 e. The van der Waals surface area contributed by atoms with Gasteiger partial charge in [-0.1, -0.05) is 6.92 Å². The standard InChI is InChI=1S/C12H22N2O3/c1-8-3-4-13-9(2)11(8)14-12(15)10-7-16-5-6-17-10/h8-11,13H,3-7H2,1-2H3,(H,14,15). The smallest absolute Gasteiger partial charge is 0.251 e. The normalized spacial score (nSPS) is 38.7. The number of ether oxygens (including phenoxy) is 2. The third-order valence-corrected chi connectivity index (χ3v) is 3.64. The number of hydrogen-bond acceptors (Lipinski definition) is 4. The van der Waals surface area contributed by atoms with Crippen LogP contribution in [0.1, 0.15) is 20.3 Å². The molecule has 98 valence electrons. The molecular formula is C12H22N2O3. The SMILES string of the molecule is CC1CCNC(C)C1NC(=O)C1COCCO1. The van der Waals surface area contributed by atoms with Crippen molar-refractivity contribution in [2.45, 2.75) is 38.5 Å². The molecule has 4 unspecified atom stereocenters. The third kappa shape index (κ3) is 3.18. The summed E-state index contributed by atoms with van der Waals surface area (Å²) in [4.78, 5) is 12.0. The van der Waals surface area contributed by atoms with Crippen molar-refractivity contribution < 1.29 is 14.3 Å². The molecule has 5 nitrogen and oxygen atoms in total. The van der Waals surface area contributed by atoms with Crippen LogP contribution in [0.25, 0.3) is 0 Å². The van der Waals surface area contributed by atoms with Crippen LogP contribution in [-0.2, 0) is 14.3 Å². The summed E-state index contributed by atoms with van der Waals surface area (Å²) in [6.07, 6.45) is 0.655. The predicted octanol–water partition coefficient (Wildman–Crippen LogP) is -0.0955. The van der Waals surface area contributed by atoms with E-state index in [1.54, 1.807) is 0 Å². The van der Waals surface area contributed by atoms with E-state index in [9.17, 15) is 4.79 Å². The molecule has 0 aromatic heterocycles. The highest BCUT2D eigenvalue weighted by atomic mass is 16.6. The zero-order valence-corrected chi connectivity index (χ0v) is 10.6. The Hall–Kier alpha value is -0.650. The lowest BCUT2D eigenvalue weighted by atomic mass is 9.89. The topological polar surface area (TPSA) is 59.6 Å². The molecule has 2 heterocycles. The lowest BCUT2D eigenvalue weighted by Crippen LogP contribution is -2.58. The number of hydrogen-bond donors (Lipinski definition) is 2. The Morgan fingerprint density at radius 2 is 2.18 bits per heavy atom. The quantitative estimate of drug-likeness (QED) is 0.710. The number of nitrogens with one attached hydrogen (secondary N) is 2. The summed E-state index contributed by atoms with van der Waals surface area (Å²) in [6.45, 7) is 6.78. The van der Waals surface area contributed by atoms with Gasteiger partial charge in [0, 0.05) is 12.1 Å². The van der Waals surface area contributed by atoms with Gasteiger partial charge in [-0.05, 0) is 25.8 Å². The van der Waals surface area contributed by atoms with Crippen LogP contribution in [0.5, 0.6) is 0 Å². The van der Waals surface area contributed by atoms with Crippen molar-refractivity contribution in [1.29, 1.82) is 0 Å². The van der Waals surface area contributed by atoms with Crippen LogP contribution in [0.15, 0.2) is 0 Å². The third-order valence-electron chi connectivity index (χ3n) is 3.64. The predicted molar refractivity (Wildman–Crippen MR) is 63.7 cm³/mol. The van der Waals surface area contributed by atoms with Crippen molar-refractivity contribution in [2.24, 2.45) is 5.92 Å². The zero-order chi connectivity index (χ0) is 12.3. The molecule has 0 spiro atoms. The van der Waals surface area contributed by atoms with Crippen LogP contribution < -0.4 is 10.6 Å². The second-order valence-electron chi connectivity index (χ2n) is 4.98. The highest BCUT2D eigenvalue weighted by Crippen LogP contribution is 2.16. The summed E-state index contributed by atoms with van der Waals surface area (Å²) in [6, 6.07) is 0.494. The molecule has 0 radical (unpaired) electrons. The summed E-state index contributed by atoms with van der Waals surface area (Å²) in [7, 11) is 0. The second kappa shape index (κ2) is 5.80. The Balaban J connectivity index is 1.87.